The Kier molecular flexibility index (Phi) is 3.57. The highest BCUT2D eigenvalue weighted by molar-refractivity contribution is 5.97. The molecule has 18 heavy (non-hydrogen) atoms. The fourth-order valence-corrected chi connectivity index (χ4v) is 1.49. The first-order chi connectivity index (χ1) is 8.65. The van der Waals surface area contributed by atoms with E-state index in [2.05, 4.69) is 10.1 Å². The first-order valence-electron chi connectivity index (χ1n) is 5.38. The summed E-state index contributed by atoms with van der Waals surface area (Å²) in [4.78, 5) is 33.2. The van der Waals surface area contributed by atoms with Crippen molar-refractivity contribution < 1.29 is 23.9 Å². The van der Waals surface area contributed by atoms with E-state index in [-0.39, 0.29) is 13.0 Å². The Labute approximate surface area is 103 Å². The Bertz CT molecular complexity index is 471. The third-order valence-electron chi connectivity index (χ3n) is 2.36. The summed E-state index contributed by atoms with van der Waals surface area (Å²) in [7, 11) is 0. The summed E-state index contributed by atoms with van der Waals surface area (Å²) < 4.78 is 9.02. The van der Waals surface area contributed by atoms with Crippen molar-refractivity contribution in [2.75, 3.05) is 0 Å². The highest BCUT2D eigenvalue weighted by atomic mass is 16.6. The van der Waals surface area contributed by atoms with Gasteiger partial charge in [-0.3, -0.25) is 4.79 Å². The molecular formula is C12H11NO5. The van der Waals surface area contributed by atoms with Crippen LogP contribution < -0.4 is 5.32 Å². The van der Waals surface area contributed by atoms with Gasteiger partial charge in [0.2, 0.25) is 6.10 Å². The molecule has 1 N–H and O–H groups in total. The van der Waals surface area contributed by atoms with Crippen LogP contribution in [0.3, 0.4) is 0 Å². The van der Waals surface area contributed by atoms with Crippen molar-refractivity contribution in [1.29, 1.82) is 0 Å². The molecule has 0 saturated carbocycles. The number of alkyl carbamates (subject to hydrolysis) is 1. The van der Waals surface area contributed by atoms with E-state index >= 15 is 0 Å². The second-order valence-electron chi connectivity index (χ2n) is 3.73. The molecule has 0 aliphatic carbocycles. The van der Waals surface area contributed by atoms with Gasteiger partial charge in [-0.1, -0.05) is 30.3 Å². The lowest BCUT2D eigenvalue weighted by Gasteiger charge is -2.09. The van der Waals surface area contributed by atoms with Gasteiger partial charge in [0.15, 0.2) is 0 Å². The van der Waals surface area contributed by atoms with Gasteiger partial charge in [-0.2, -0.15) is 0 Å². The Morgan fingerprint density at radius 1 is 1.33 bits per heavy atom. The molecule has 1 heterocycles. The third kappa shape index (κ3) is 3.07. The van der Waals surface area contributed by atoms with Crippen molar-refractivity contribution >= 4 is 18.0 Å². The second kappa shape index (κ2) is 5.31. The van der Waals surface area contributed by atoms with Crippen LogP contribution in [0.25, 0.3) is 0 Å². The van der Waals surface area contributed by atoms with Crippen LogP contribution in [-0.4, -0.2) is 24.1 Å². The fourth-order valence-electron chi connectivity index (χ4n) is 1.49. The van der Waals surface area contributed by atoms with E-state index in [9.17, 15) is 14.4 Å². The van der Waals surface area contributed by atoms with Gasteiger partial charge < -0.3 is 14.8 Å². The molecule has 1 fully saturated rings. The molecule has 0 spiro atoms. The molecule has 6 heteroatoms. The zero-order valence-electron chi connectivity index (χ0n) is 9.42. The van der Waals surface area contributed by atoms with Crippen LogP contribution in [0, 0.1) is 0 Å². The van der Waals surface area contributed by atoms with E-state index in [0.29, 0.717) is 0 Å². The number of hydrogen-bond acceptors (Lipinski definition) is 5. The molecule has 1 unspecified atom stereocenters. The Morgan fingerprint density at radius 2 is 2.06 bits per heavy atom. The number of amides is 1. The lowest BCUT2D eigenvalue weighted by molar-refractivity contribution is -0.154. The van der Waals surface area contributed by atoms with Crippen LogP contribution in [0.2, 0.25) is 0 Å². The summed E-state index contributed by atoms with van der Waals surface area (Å²) in [6.07, 6.45) is -2.11. The molecule has 6 nitrogen and oxygen atoms in total. The van der Waals surface area contributed by atoms with Crippen LogP contribution in [-0.2, 0) is 25.6 Å². The van der Waals surface area contributed by atoms with Gasteiger partial charge in [0.05, 0.1) is 6.42 Å². The van der Waals surface area contributed by atoms with Crippen LogP contribution in [0.5, 0.6) is 0 Å². The predicted molar refractivity (Wildman–Crippen MR) is 59.3 cm³/mol. The van der Waals surface area contributed by atoms with E-state index in [0.717, 1.165) is 5.56 Å². The highest BCUT2D eigenvalue weighted by Gasteiger charge is 2.36. The number of benzene rings is 1. The SMILES string of the molecule is O=C1CC(OC(=O)NCc2ccccc2)C(=O)O1. The molecule has 0 aromatic heterocycles. The number of carbonyl (C=O) groups is 3. The van der Waals surface area contributed by atoms with Gasteiger partial charge in [0.25, 0.3) is 0 Å². The summed E-state index contributed by atoms with van der Waals surface area (Å²) in [6, 6.07) is 9.23. The molecule has 2 rings (SSSR count). The molecule has 1 saturated heterocycles. The van der Waals surface area contributed by atoms with Crippen molar-refractivity contribution in [3.05, 3.63) is 35.9 Å². The zero-order valence-corrected chi connectivity index (χ0v) is 9.42. The minimum atomic E-state index is -1.13. The molecule has 94 valence electrons. The lowest BCUT2D eigenvalue weighted by atomic mass is 10.2. The van der Waals surface area contributed by atoms with Gasteiger partial charge in [0, 0.05) is 6.54 Å². The maximum absolute atomic E-state index is 11.4. The first-order valence-corrected chi connectivity index (χ1v) is 5.38. The normalized spacial score (nSPS) is 18.3. The van der Waals surface area contributed by atoms with Crippen molar-refractivity contribution in [3.63, 3.8) is 0 Å². The van der Waals surface area contributed by atoms with Gasteiger partial charge in [-0.15, -0.1) is 0 Å². The minimum Gasteiger partial charge on any atom is -0.434 e. The van der Waals surface area contributed by atoms with E-state index < -0.39 is 24.1 Å². The van der Waals surface area contributed by atoms with E-state index in [1.165, 1.54) is 0 Å². The summed E-state index contributed by atoms with van der Waals surface area (Å²) >= 11 is 0. The maximum atomic E-state index is 11.4. The fraction of sp³-hybridized carbons (Fsp3) is 0.250. The number of hydrogen-bond donors (Lipinski definition) is 1. The molecule has 0 bridgehead atoms. The monoisotopic (exact) mass is 249 g/mol. The molecule has 0 radical (unpaired) electrons. The summed E-state index contributed by atoms with van der Waals surface area (Å²) in [6.45, 7) is 0.287. The van der Waals surface area contributed by atoms with Crippen molar-refractivity contribution in [3.8, 4) is 0 Å². The van der Waals surface area contributed by atoms with E-state index in [1.54, 1.807) is 0 Å². The smallest absolute Gasteiger partial charge is 0.408 e. The number of nitrogens with one attached hydrogen (secondary N) is 1. The summed E-state index contributed by atoms with van der Waals surface area (Å²) in [5.74, 6) is -1.50. The minimum absolute atomic E-state index is 0.225. The van der Waals surface area contributed by atoms with Crippen LogP contribution in [0.15, 0.2) is 30.3 Å². The highest BCUT2D eigenvalue weighted by Crippen LogP contribution is 2.11. The topological polar surface area (TPSA) is 81.7 Å². The number of carbonyl (C=O) groups excluding carboxylic acids is 3. The first kappa shape index (κ1) is 12.1. The quantitative estimate of drug-likeness (QED) is 0.631. The average Bonchev–Trinajstić information content (AvgIpc) is 2.67. The Balaban J connectivity index is 1.79. The van der Waals surface area contributed by atoms with Crippen LogP contribution in [0.4, 0.5) is 4.79 Å². The molecule has 1 aromatic carbocycles. The molecule has 1 amide bonds. The van der Waals surface area contributed by atoms with Crippen molar-refractivity contribution in [2.45, 2.75) is 19.1 Å². The standard InChI is InChI=1S/C12H11NO5/c14-10-6-9(11(15)18-10)17-12(16)13-7-8-4-2-1-3-5-8/h1-5,9H,6-7H2,(H,13,16). The zero-order chi connectivity index (χ0) is 13.0. The van der Waals surface area contributed by atoms with E-state index in [1.807, 2.05) is 30.3 Å². The van der Waals surface area contributed by atoms with Crippen LogP contribution >= 0.6 is 0 Å². The number of cyclic esters (lactones) is 2. The Hall–Kier alpha value is -2.37. The number of ether oxygens (including phenoxy) is 2. The number of esters is 2. The van der Waals surface area contributed by atoms with E-state index in [4.69, 9.17) is 4.74 Å². The molecule has 1 aliphatic heterocycles. The average molecular weight is 249 g/mol. The third-order valence-corrected chi connectivity index (χ3v) is 2.36. The van der Waals surface area contributed by atoms with Crippen LogP contribution in [0.1, 0.15) is 12.0 Å². The van der Waals surface area contributed by atoms with Gasteiger partial charge in [0.1, 0.15) is 0 Å². The number of rotatable bonds is 3. The van der Waals surface area contributed by atoms with Crippen molar-refractivity contribution in [1.82, 2.24) is 5.32 Å². The Morgan fingerprint density at radius 3 is 2.67 bits per heavy atom. The van der Waals surface area contributed by atoms with Crippen molar-refractivity contribution in [2.24, 2.45) is 0 Å². The largest absolute Gasteiger partial charge is 0.434 e. The maximum Gasteiger partial charge on any atom is 0.408 e. The second-order valence-corrected chi connectivity index (χ2v) is 3.73. The van der Waals surface area contributed by atoms with Gasteiger partial charge in [-0.05, 0) is 5.56 Å². The lowest BCUT2D eigenvalue weighted by Crippen LogP contribution is -2.30. The summed E-state index contributed by atoms with van der Waals surface area (Å²) in [5.41, 5.74) is 0.902. The predicted octanol–water partition coefficient (Wildman–Crippen LogP) is 0.755. The summed E-state index contributed by atoms with van der Waals surface area (Å²) in [5, 5.41) is 2.48. The molecule has 1 atom stereocenters. The van der Waals surface area contributed by atoms with Gasteiger partial charge >= 0.3 is 18.0 Å². The molecule has 1 aliphatic rings. The molecule has 1 aromatic rings. The molecular weight excluding hydrogens is 238 g/mol. The van der Waals surface area contributed by atoms with Gasteiger partial charge in [-0.25, -0.2) is 9.59 Å².